The number of hydrogen-bond acceptors (Lipinski definition) is 5. The molecule has 1 fully saturated rings. The van der Waals surface area contributed by atoms with Gasteiger partial charge in [-0.15, -0.1) is 5.10 Å². The number of amidine groups is 1. The van der Waals surface area contributed by atoms with E-state index in [2.05, 4.69) is 34.6 Å². The largest absolute Gasteiger partial charge is 0.497 e. The molecular formula is C19H19N3O2S. The van der Waals surface area contributed by atoms with Crippen LogP contribution in [0.4, 0.5) is 0 Å². The van der Waals surface area contributed by atoms with Crippen molar-refractivity contribution in [1.82, 2.24) is 5.32 Å². The summed E-state index contributed by atoms with van der Waals surface area (Å²) in [6.07, 6.45) is 2.33. The van der Waals surface area contributed by atoms with E-state index < -0.39 is 0 Å². The fourth-order valence-corrected chi connectivity index (χ4v) is 3.42. The lowest BCUT2D eigenvalue weighted by Gasteiger charge is -2.07. The molecule has 6 heteroatoms. The van der Waals surface area contributed by atoms with Crippen LogP contribution < -0.4 is 10.1 Å². The van der Waals surface area contributed by atoms with Crippen molar-refractivity contribution in [3.63, 3.8) is 0 Å². The van der Waals surface area contributed by atoms with E-state index in [1.165, 1.54) is 22.9 Å². The van der Waals surface area contributed by atoms with Crippen LogP contribution in [0.1, 0.15) is 16.7 Å². The number of carbonyl (C=O) groups excluding carboxylic acids is 1. The Morgan fingerprint density at radius 2 is 1.96 bits per heavy atom. The summed E-state index contributed by atoms with van der Waals surface area (Å²) in [5, 5.41) is 11.3. The van der Waals surface area contributed by atoms with Crippen LogP contribution in [-0.2, 0) is 11.2 Å². The highest BCUT2D eigenvalue weighted by atomic mass is 32.2. The van der Waals surface area contributed by atoms with Crippen molar-refractivity contribution < 1.29 is 9.53 Å². The minimum absolute atomic E-state index is 0.0216. The van der Waals surface area contributed by atoms with Gasteiger partial charge in [0.25, 0.3) is 0 Å². The average molecular weight is 353 g/mol. The van der Waals surface area contributed by atoms with Crippen molar-refractivity contribution in [2.75, 3.05) is 7.11 Å². The van der Waals surface area contributed by atoms with Crippen LogP contribution in [0.25, 0.3) is 0 Å². The average Bonchev–Trinajstić information content (AvgIpc) is 2.97. The number of nitrogens with one attached hydrogen (secondary N) is 1. The van der Waals surface area contributed by atoms with Gasteiger partial charge in [0, 0.05) is 0 Å². The summed E-state index contributed by atoms with van der Waals surface area (Å²) in [5.41, 5.74) is 3.29. The normalized spacial score (nSPS) is 18.7. The van der Waals surface area contributed by atoms with Crippen LogP contribution in [-0.4, -0.2) is 29.6 Å². The van der Waals surface area contributed by atoms with Crippen molar-refractivity contribution in [3.8, 4) is 5.75 Å². The summed E-state index contributed by atoms with van der Waals surface area (Å²) in [6.45, 7) is 2.06. The Balaban J connectivity index is 1.62. The Kier molecular flexibility index (Phi) is 5.50. The van der Waals surface area contributed by atoms with Crippen molar-refractivity contribution in [2.24, 2.45) is 10.2 Å². The molecule has 0 spiro atoms. The van der Waals surface area contributed by atoms with E-state index in [9.17, 15) is 4.79 Å². The summed E-state index contributed by atoms with van der Waals surface area (Å²) in [4.78, 5) is 12.1. The Morgan fingerprint density at radius 1 is 1.20 bits per heavy atom. The Morgan fingerprint density at radius 3 is 2.68 bits per heavy atom. The lowest BCUT2D eigenvalue weighted by atomic mass is 10.0. The molecule has 25 heavy (non-hydrogen) atoms. The second kappa shape index (κ2) is 7.98. The van der Waals surface area contributed by atoms with Gasteiger partial charge in [-0.25, -0.2) is 0 Å². The number of benzene rings is 2. The summed E-state index contributed by atoms with van der Waals surface area (Å²) in [7, 11) is 1.63. The molecule has 0 bridgehead atoms. The molecule has 3 rings (SSSR count). The van der Waals surface area contributed by atoms with Crippen LogP contribution in [0, 0.1) is 6.92 Å². The third kappa shape index (κ3) is 4.48. The number of aryl methyl sites for hydroxylation is 1. The standard InChI is InChI=1S/C19H19N3O2S/c1-13-5-3-4-6-15(13)11-17-18(23)21-19(25-17)22-20-12-14-7-9-16(24-2)10-8-14/h3-10,12,17H,11H2,1-2H3,(H,21,22,23)/b20-12-/t17-/m0/s1. The molecule has 0 saturated carbocycles. The first kappa shape index (κ1) is 17.2. The zero-order chi connectivity index (χ0) is 17.6. The van der Waals surface area contributed by atoms with Gasteiger partial charge in [-0.3, -0.25) is 4.79 Å². The molecule has 2 aromatic carbocycles. The molecule has 2 aromatic rings. The predicted octanol–water partition coefficient (Wildman–Crippen LogP) is 3.17. The molecule has 1 saturated heterocycles. The van der Waals surface area contributed by atoms with Gasteiger partial charge in [-0.1, -0.05) is 36.0 Å². The van der Waals surface area contributed by atoms with E-state index in [1.807, 2.05) is 36.4 Å². The van der Waals surface area contributed by atoms with Crippen LogP contribution in [0.5, 0.6) is 5.75 Å². The van der Waals surface area contributed by atoms with E-state index in [0.29, 0.717) is 11.6 Å². The lowest BCUT2D eigenvalue weighted by Crippen LogP contribution is -2.26. The first-order chi connectivity index (χ1) is 12.2. The molecule has 128 valence electrons. The number of amides is 1. The quantitative estimate of drug-likeness (QED) is 0.663. The summed E-state index contributed by atoms with van der Waals surface area (Å²) in [5.74, 6) is 0.771. The predicted molar refractivity (Wildman–Crippen MR) is 102 cm³/mol. The highest BCUT2D eigenvalue weighted by Gasteiger charge is 2.30. The monoisotopic (exact) mass is 353 g/mol. The number of thioether (sulfide) groups is 1. The van der Waals surface area contributed by atoms with Gasteiger partial charge < -0.3 is 10.1 Å². The second-order valence-corrected chi connectivity index (χ2v) is 6.84. The summed E-state index contributed by atoms with van der Waals surface area (Å²) >= 11 is 1.42. The van der Waals surface area contributed by atoms with Gasteiger partial charge in [0.2, 0.25) is 5.91 Å². The maximum absolute atomic E-state index is 12.1. The zero-order valence-corrected chi connectivity index (χ0v) is 14.9. The van der Waals surface area contributed by atoms with Crippen molar-refractivity contribution >= 4 is 29.1 Å². The molecule has 1 aliphatic heterocycles. The molecule has 1 N–H and O–H groups in total. The highest BCUT2D eigenvalue weighted by Crippen LogP contribution is 2.24. The molecule has 0 aliphatic carbocycles. The van der Waals surface area contributed by atoms with Gasteiger partial charge in [0.15, 0.2) is 5.17 Å². The van der Waals surface area contributed by atoms with Crippen LogP contribution in [0.3, 0.4) is 0 Å². The number of ether oxygens (including phenoxy) is 1. The maximum Gasteiger partial charge on any atom is 0.239 e. The molecule has 0 aromatic heterocycles. The van der Waals surface area contributed by atoms with E-state index in [0.717, 1.165) is 11.3 Å². The van der Waals surface area contributed by atoms with Crippen LogP contribution >= 0.6 is 11.8 Å². The summed E-state index contributed by atoms with van der Waals surface area (Å²) < 4.78 is 5.11. The Hall–Kier alpha value is -2.60. The van der Waals surface area contributed by atoms with Crippen LogP contribution in [0.2, 0.25) is 0 Å². The van der Waals surface area contributed by atoms with Crippen molar-refractivity contribution in [3.05, 3.63) is 65.2 Å². The summed E-state index contributed by atoms with van der Waals surface area (Å²) in [6, 6.07) is 15.6. The zero-order valence-electron chi connectivity index (χ0n) is 14.1. The molecule has 1 heterocycles. The maximum atomic E-state index is 12.1. The van der Waals surface area contributed by atoms with Gasteiger partial charge >= 0.3 is 0 Å². The minimum Gasteiger partial charge on any atom is -0.497 e. The molecular weight excluding hydrogens is 334 g/mol. The third-order valence-electron chi connectivity index (χ3n) is 3.91. The molecule has 1 amide bonds. The number of nitrogens with zero attached hydrogens (tertiary/aromatic N) is 2. The van der Waals surface area contributed by atoms with Gasteiger partial charge in [0.1, 0.15) is 5.75 Å². The smallest absolute Gasteiger partial charge is 0.239 e. The number of hydrogen-bond donors (Lipinski definition) is 1. The first-order valence-electron chi connectivity index (χ1n) is 7.93. The number of methoxy groups -OCH3 is 1. The molecule has 5 nitrogen and oxygen atoms in total. The van der Waals surface area contributed by atoms with Crippen molar-refractivity contribution in [2.45, 2.75) is 18.6 Å². The highest BCUT2D eigenvalue weighted by molar-refractivity contribution is 8.15. The number of carbonyl (C=O) groups is 1. The topological polar surface area (TPSA) is 63.1 Å². The molecule has 0 unspecified atom stereocenters. The molecule has 1 atom stereocenters. The fourth-order valence-electron chi connectivity index (χ4n) is 2.46. The van der Waals surface area contributed by atoms with Gasteiger partial charge in [-0.2, -0.15) is 5.10 Å². The first-order valence-corrected chi connectivity index (χ1v) is 8.81. The molecule has 0 radical (unpaired) electrons. The Bertz CT molecular complexity index is 816. The fraction of sp³-hybridized carbons (Fsp3) is 0.211. The molecule has 1 aliphatic rings. The van der Waals surface area contributed by atoms with Gasteiger partial charge in [-0.05, 0) is 54.3 Å². The second-order valence-electron chi connectivity index (χ2n) is 5.65. The Labute approximate surface area is 151 Å². The van der Waals surface area contributed by atoms with E-state index in [1.54, 1.807) is 13.3 Å². The van der Waals surface area contributed by atoms with E-state index >= 15 is 0 Å². The van der Waals surface area contributed by atoms with Crippen LogP contribution in [0.15, 0.2) is 58.7 Å². The number of rotatable bonds is 5. The SMILES string of the molecule is COc1ccc(/C=N\N=C2/NC(=O)[C@H](Cc3ccccc3C)S2)cc1. The third-order valence-corrected chi connectivity index (χ3v) is 4.99. The minimum atomic E-state index is -0.170. The van der Waals surface area contributed by atoms with Gasteiger partial charge in [0.05, 0.1) is 18.6 Å². The van der Waals surface area contributed by atoms with E-state index in [4.69, 9.17) is 4.74 Å². The van der Waals surface area contributed by atoms with Crippen molar-refractivity contribution in [1.29, 1.82) is 0 Å². The lowest BCUT2D eigenvalue weighted by molar-refractivity contribution is -0.118. The van der Waals surface area contributed by atoms with E-state index in [-0.39, 0.29) is 11.2 Å².